The number of nitrogens with one attached hydrogen (secondary N) is 1. The van der Waals surface area contributed by atoms with Gasteiger partial charge in [0.25, 0.3) is 0 Å². The molecule has 2 rings (SSSR count). The summed E-state index contributed by atoms with van der Waals surface area (Å²) in [7, 11) is 1.89. The predicted octanol–water partition coefficient (Wildman–Crippen LogP) is 0.868. The maximum Gasteiger partial charge on any atom is 0.148 e. The zero-order valence-corrected chi connectivity index (χ0v) is 11.2. The van der Waals surface area contributed by atoms with Crippen LogP contribution in [0.2, 0.25) is 0 Å². The van der Waals surface area contributed by atoms with Crippen LogP contribution in [-0.4, -0.2) is 31.1 Å². The van der Waals surface area contributed by atoms with E-state index in [9.17, 15) is 0 Å². The maximum absolute atomic E-state index is 4.50. The second-order valence-corrected chi connectivity index (χ2v) is 4.41. The SMILES string of the molecule is CCCNCc1cn(Cc2ncnn2C)nc1C. The first-order valence-electron chi connectivity index (χ1n) is 6.27. The van der Waals surface area contributed by atoms with Crippen LogP contribution in [-0.2, 0) is 20.1 Å². The largest absolute Gasteiger partial charge is 0.313 e. The molecule has 0 atom stereocenters. The molecule has 0 aliphatic heterocycles. The van der Waals surface area contributed by atoms with E-state index in [0.29, 0.717) is 6.54 Å². The minimum absolute atomic E-state index is 0.658. The zero-order valence-electron chi connectivity index (χ0n) is 11.2. The topological polar surface area (TPSA) is 60.6 Å². The molecule has 0 saturated heterocycles. The molecule has 2 aromatic heterocycles. The summed E-state index contributed by atoms with van der Waals surface area (Å²) in [4.78, 5) is 4.20. The van der Waals surface area contributed by atoms with Crippen LogP contribution in [0.4, 0.5) is 0 Å². The van der Waals surface area contributed by atoms with Gasteiger partial charge in [0.05, 0.1) is 5.69 Å². The van der Waals surface area contributed by atoms with E-state index < -0.39 is 0 Å². The maximum atomic E-state index is 4.50. The summed E-state index contributed by atoms with van der Waals surface area (Å²) in [6.07, 6.45) is 4.79. The van der Waals surface area contributed by atoms with Crippen LogP contribution in [0.1, 0.15) is 30.4 Å². The van der Waals surface area contributed by atoms with E-state index in [1.165, 1.54) is 5.56 Å². The average Bonchev–Trinajstić information content (AvgIpc) is 2.88. The van der Waals surface area contributed by atoms with Gasteiger partial charge in [-0.3, -0.25) is 9.36 Å². The van der Waals surface area contributed by atoms with Gasteiger partial charge in [-0.05, 0) is 19.9 Å². The Kier molecular flexibility index (Phi) is 4.09. The number of nitrogens with zero attached hydrogens (tertiary/aromatic N) is 5. The molecule has 18 heavy (non-hydrogen) atoms. The van der Waals surface area contributed by atoms with Gasteiger partial charge in [-0.15, -0.1) is 0 Å². The van der Waals surface area contributed by atoms with Gasteiger partial charge in [-0.1, -0.05) is 6.92 Å². The Bertz CT molecular complexity index is 498. The van der Waals surface area contributed by atoms with Crippen molar-refractivity contribution in [3.63, 3.8) is 0 Å². The molecule has 6 nitrogen and oxygen atoms in total. The second kappa shape index (κ2) is 5.77. The first-order valence-corrected chi connectivity index (χ1v) is 6.27. The van der Waals surface area contributed by atoms with Crippen molar-refractivity contribution in [1.29, 1.82) is 0 Å². The summed E-state index contributed by atoms with van der Waals surface area (Å²) in [5.41, 5.74) is 2.31. The number of aromatic nitrogens is 5. The summed E-state index contributed by atoms with van der Waals surface area (Å²) in [6, 6.07) is 0. The van der Waals surface area contributed by atoms with E-state index in [0.717, 1.165) is 31.0 Å². The summed E-state index contributed by atoms with van der Waals surface area (Å²) in [6.45, 7) is 6.77. The lowest BCUT2D eigenvalue weighted by molar-refractivity contribution is 0.604. The van der Waals surface area contributed by atoms with E-state index >= 15 is 0 Å². The van der Waals surface area contributed by atoms with Crippen molar-refractivity contribution >= 4 is 0 Å². The van der Waals surface area contributed by atoms with Crippen LogP contribution in [0.5, 0.6) is 0 Å². The van der Waals surface area contributed by atoms with Crippen LogP contribution in [0.15, 0.2) is 12.5 Å². The van der Waals surface area contributed by atoms with E-state index in [-0.39, 0.29) is 0 Å². The lowest BCUT2D eigenvalue weighted by Crippen LogP contribution is -2.13. The highest BCUT2D eigenvalue weighted by Gasteiger charge is 2.07. The Balaban J connectivity index is 2.02. The van der Waals surface area contributed by atoms with Gasteiger partial charge in [-0.2, -0.15) is 10.2 Å². The van der Waals surface area contributed by atoms with Crippen molar-refractivity contribution in [2.24, 2.45) is 7.05 Å². The van der Waals surface area contributed by atoms with Crippen LogP contribution in [0, 0.1) is 6.92 Å². The number of hydrogen-bond acceptors (Lipinski definition) is 4. The lowest BCUT2D eigenvalue weighted by Gasteiger charge is -2.01. The Morgan fingerprint density at radius 2 is 2.22 bits per heavy atom. The fourth-order valence-electron chi connectivity index (χ4n) is 1.82. The first-order chi connectivity index (χ1) is 8.70. The van der Waals surface area contributed by atoms with Crippen LogP contribution < -0.4 is 5.32 Å². The minimum atomic E-state index is 0.658. The minimum Gasteiger partial charge on any atom is -0.313 e. The van der Waals surface area contributed by atoms with E-state index in [1.807, 2.05) is 18.7 Å². The quantitative estimate of drug-likeness (QED) is 0.771. The smallest absolute Gasteiger partial charge is 0.148 e. The summed E-state index contributed by atoms with van der Waals surface area (Å²) in [5, 5.41) is 11.9. The molecular weight excluding hydrogens is 228 g/mol. The van der Waals surface area contributed by atoms with Crippen molar-refractivity contribution in [3.8, 4) is 0 Å². The van der Waals surface area contributed by atoms with Crippen molar-refractivity contribution in [2.45, 2.75) is 33.4 Å². The molecule has 2 heterocycles. The monoisotopic (exact) mass is 248 g/mol. The molecule has 0 aliphatic carbocycles. The molecule has 0 amide bonds. The Labute approximate surface area is 107 Å². The summed E-state index contributed by atoms with van der Waals surface area (Å²) in [5.74, 6) is 0.908. The van der Waals surface area contributed by atoms with Gasteiger partial charge < -0.3 is 5.32 Å². The lowest BCUT2D eigenvalue weighted by atomic mass is 10.2. The zero-order chi connectivity index (χ0) is 13.0. The van der Waals surface area contributed by atoms with Crippen molar-refractivity contribution in [3.05, 3.63) is 29.6 Å². The third kappa shape index (κ3) is 2.95. The fraction of sp³-hybridized carbons (Fsp3) is 0.583. The van der Waals surface area contributed by atoms with E-state index in [2.05, 4.69) is 33.6 Å². The van der Waals surface area contributed by atoms with Gasteiger partial charge in [0, 0.05) is 25.4 Å². The highest BCUT2D eigenvalue weighted by Crippen LogP contribution is 2.06. The Morgan fingerprint density at radius 3 is 2.89 bits per heavy atom. The summed E-state index contributed by atoms with van der Waals surface area (Å²) < 4.78 is 3.69. The molecule has 0 aromatic carbocycles. The molecule has 0 saturated carbocycles. The van der Waals surface area contributed by atoms with Crippen molar-refractivity contribution in [1.82, 2.24) is 29.9 Å². The Hall–Kier alpha value is -1.69. The second-order valence-electron chi connectivity index (χ2n) is 4.41. The average molecular weight is 248 g/mol. The molecule has 0 spiro atoms. The molecule has 1 N–H and O–H groups in total. The highest BCUT2D eigenvalue weighted by molar-refractivity contribution is 5.15. The molecule has 0 bridgehead atoms. The van der Waals surface area contributed by atoms with Gasteiger partial charge in [0.1, 0.15) is 18.7 Å². The molecule has 0 radical (unpaired) electrons. The number of rotatable bonds is 6. The number of aryl methyl sites for hydroxylation is 2. The van der Waals surface area contributed by atoms with Crippen LogP contribution >= 0.6 is 0 Å². The molecule has 0 unspecified atom stereocenters. The van der Waals surface area contributed by atoms with Crippen LogP contribution in [0.25, 0.3) is 0 Å². The van der Waals surface area contributed by atoms with Gasteiger partial charge in [-0.25, -0.2) is 4.98 Å². The standard InChI is InChI=1S/C12H20N6/c1-4-5-13-6-11-7-18(16-10(11)2)8-12-14-9-15-17(12)3/h7,9,13H,4-6,8H2,1-3H3. The normalized spacial score (nSPS) is 11.1. The molecule has 0 aliphatic rings. The van der Waals surface area contributed by atoms with Crippen LogP contribution in [0.3, 0.4) is 0 Å². The highest BCUT2D eigenvalue weighted by atomic mass is 15.4. The predicted molar refractivity (Wildman–Crippen MR) is 69.1 cm³/mol. The fourth-order valence-corrected chi connectivity index (χ4v) is 1.82. The third-order valence-corrected chi connectivity index (χ3v) is 2.90. The first kappa shape index (κ1) is 12.8. The molecule has 98 valence electrons. The van der Waals surface area contributed by atoms with Gasteiger partial charge >= 0.3 is 0 Å². The van der Waals surface area contributed by atoms with Crippen molar-refractivity contribution < 1.29 is 0 Å². The van der Waals surface area contributed by atoms with Crippen molar-refractivity contribution in [2.75, 3.05) is 6.54 Å². The Morgan fingerprint density at radius 1 is 1.39 bits per heavy atom. The third-order valence-electron chi connectivity index (χ3n) is 2.90. The summed E-state index contributed by atoms with van der Waals surface area (Å²) >= 11 is 0. The molecule has 2 aromatic rings. The van der Waals surface area contributed by atoms with E-state index in [1.54, 1.807) is 11.0 Å². The van der Waals surface area contributed by atoms with Gasteiger partial charge in [0.2, 0.25) is 0 Å². The molecular formula is C12H20N6. The molecule has 6 heteroatoms. The van der Waals surface area contributed by atoms with E-state index in [4.69, 9.17) is 0 Å². The number of hydrogen-bond donors (Lipinski definition) is 1. The van der Waals surface area contributed by atoms with Gasteiger partial charge in [0.15, 0.2) is 0 Å². The molecule has 0 fully saturated rings.